The van der Waals surface area contributed by atoms with E-state index >= 15 is 0 Å². The van der Waals surface area contributed by atoms with Crippen molar-refractivity contribution < 1.29 is 8.42 Å². The minimum Gasteiger partial charge on any atom is -0.285 e. The van der Waals surface area contributed by atoms with Gasteiger partial charge in [-0.1, -0.05) is 18.2 Å². The van der Waals surface area contributed by atoms with Gasteiger partial charge in [0.2, 0.25) is 10.0 Å². The maximum Gasteiger partial charge on any atom is 0.244 e. The van der Waals surface area contributed by atoms with Crippen LogP contribution in [0.3, 0.4) is 0 Å². The molecule has 1 saturated heterocycles. The number of halogens is 1. The third-order valence-electron chi connectivity index (χ3n) is 4.27. The van der Waals surface area contributed by atoms with E-state index < -0.39 is 10.0 Å². The Morgan fingerprint density at radius 3 is 2.71 bits per heavy atom. The van der Waals surface area contributed by atoms with Crippen LogP contribution in [-0.4, -0.2) is 33.9 Å². The minimum absolute atomic E-state index is 0.283. The van der Waals surface area contributed by atoms with Crippen molar-refractivity contribution in [3.05, 3.63) is 59.0 Å². The average Bonchev–Trinajstić information content (AvgIpc) is 3.21. The normalized spacial score (nSPS) is 19.1. The van der Waals surface area contributed by atoms with Gasteiger partial charge in [0, 0.05) is 17.2 Å². The fourth-order valence-electron chi connectivity index (χ4n) is 3.15. The molecule has 1 fully saturated rings. The first-order chi connectivity index (χ1) is 11.6. The zero-order chi connectivity index (χ0) is 16.7. The summed E-state index contributed by atoms with van der Waals surface area (Å²) in [5, 5.41) is 8.40. The molecular formula is C16H15BrN4O2S. The van der Waals surface area contributed by atoms with Crippen molar-refractivity contribution in [2.75, 3.05) is 6.54 Å². The molecule has 2 aromatic heterocycles. The largest absolute Gasteiger partial charge is 0.285 e. The minimum atomic E-state index is -3.61. The summed E-state index contributed by atoms with van der Waals surface area (Å²) < 4.78 is 30.2. The van der Waals surface area contributed by atoms with Crippen LogP contribution in [0, 0.1) is 0 Å². The van der Waals surface area contributed by atoms with E-state index in [-0.39, 0.29) is 10.9 Å². The average molecular weight is 407 g/mol. The maximum absolute atomic E-state index is 13.1. The number of rotatable bonds is 3. The number of fused-ring (bicyclic) bond motifs is 1. The third-order valence-corrected chi connectivity index (χ3v) is 7.19. The van der Waals surface area contributed by atoms with Crippen LogP contribution in [0.2, 0.25) is 0 Å². The number of hydrogen-bond acceptors (Lipinski definition) is 4. The van der Waals surface area contributed by atoms with Gasteiger partial charge in [0.1, 0.15) is 0 Å². The molecule has 0 bridgehead atoms. The molecule has 0 radical (unpaired) electrons. The number of nitrogens with zero attached hydrogens (tertiary/aromatic N) is 4. The molecule has 0 spiro atoms. The van der Waals surface area contributed by atoms with Gasteiger partial charge in [-0.15, -0.1) is 10.2 Å². The van der Waals surface area contributed by atoms with Gasteiger partial charge in [0.15, 0.2) is 11.5 Å². The van der Waals surface area contributed by atoms with Crippen molar-refractivity contribution in [1.29, 1.82) is 0 Å². The van der Waals surface area contributed by atoms with Crippen molar-refractivity contribution in [3.63, 3.8) is 0 Å². The van der Waals surface area contributed by atoms with Gasteiger partial charge in [0.25, 0.3) is 0 Å². The zero-order valence-electron chi connectivity index (χ0n) is 12.7. The molecule has 8 heteroatoms. The summed E-state index contributed by atoms with van der Waals surface area (Å²) in [6.07, 6.45) is 3.40. The quantitative estimate of drug-likeness (QED) is 0.670. The first kappa shape index (κ1) is 15.7. The topological polar surface area (TPSA) is 67.6 Å². The van der Waals surface area contributed by atoms with E-state index in [0.717, 1.165) is 18.5 Å². The Kier molecular flexibility index (Phi) is 3.90. The Morgan fingerprint density at radius 1 is 1.08 bits per heavy atom. The monoisotopic (exact) mass is 406 g/mol. The highest BCUT2D eigenvalue weighted by Gasteiger charge is 2.39. The smallest absolute Gasteiger partial charge is 0.244 e. The molecule has 4 rings (SSSR count). The fourth-order valence-corrected chi connectivity index (χ4v) is 5.77. The van der Waals surface area contributed by atoms with E-state index in [0.29, 0.717) is 16.8 Å². The van der Waals surface area contributed by atoms with Crippen molar-refractivity contribution in [1.82, 2.24) is 18.9 Å². The lowest BCUT2D eigenvalue weighted by Gasteiger charge is -2.23. The first-order valence-electron chi connectivity index (χ1n) is 7.65. The maximum atomic E-state index is 13.1. The zero-order valence-corrected chi connectivity index (χ0v) is 15.1. The van der Waals surface area contributed by atoms with Crippen LogP contribution in [0.4, 0.5) is 0 Å². The fraction of sp³-hybridized carbons (Fsp3) is 0.250. The van der Waals surface area contributed by atoms with Crippen molar-refractivity contribution in [2.45, 2.75) is 23.8 Å². The Balaban J connectivity index is 1.80. The second-order valence-corrected chi connectivity index (χ2v) is 8.40. The van der Waals surface area contributed by atoms with Crippen molar-refractivity contribution in [2.24, 2.45) is 0 Å². The highest BCUT2D eigenvalue weighted by molar-refractivity contribution is 9.10. The van der Waals surface area contributed by atoms with Crippen LogP contribution in [0.15, 0.2) is 58.0 Å². The molecule has 0 N–H and O–H groups in total. The van der Waals surface area contributed by atoms with Gasteiger partial charge < -0.3 is 0 Å². The van der Waals surface area contributed by atoms with Gasteiger partial charge in [-0.05, 0) is 53.0 Å². The van der Waals surface area contributed by atoms with Gasteiger partial charge in [-0.25, -0.2) is 8.42 Å². The molecule has 1 atom stereocenters. The van der Waals surface area contributed by atoms with E-state index in [1.54, 1.807) is 24.3 Å². The van der Waals surface area contributed by atoms with Gasteiger partial charge in [-0.3, -0.25) is 4.40 Å². The number of aromatic nitrogens is 3. The second kappa shape index (κ2) is 5.94. The second-order valence-electron chi connectivity index (χ2n) is 5.69. The molecule has 1 aromatic carbocycles. The SMILES string of the molecule is O=S(=O)(c1ccccc1Br)N1CCCC1c1nnc2ccccn12. The molecule has 1 unspecified atom stereocenters. The van der Waals surface area contributed by atoms with Gasteiger partial charge in [0.05, 0.1) is 10.9 Å². The molecule has 3 heterocycles. The summed E-state index contributed by atoms with van der Waals surface area (Å²) in [5.41, 5.74) is 0.720. The number of sulfonamides is 1. The summed E-state index contributed by atoms with van der Waals surface area (Å²) in [5.74, 6) is 0.665. The van der Waals surface area contributed by atoms with E-state index in [9.17, 15) is 8.42 Å². The molecule has 3 aromatic rings. The molecule has 0 aliphatic carbocycles. The lowest BCUT2D eigenvalue weighted by molar-refractivity contribution is 0.381. The van der Waals surface area contributed by atoms with E-state index in [4.69, 9.17) is 0 Å². The Bertz CT molecular complexity index is 1000. The number of benzene rings is 1. The van der Waals surface area contributed by atoms with Crippen LogP contribution < -0.4 is 0 Å². The van der Waals surface area contributed by atoms with Crippen LogP contribution in [0.1, 0.15) is 24.7 Å². The highest BCUT2D eigenvalue weighted by Crippen LogP contribution is 2.37. The van der Waals surface area contributed by atoms with Crippen molar-refractivity contribution >= 4 is 31.6 Å². The highest BCUT2D eigenvalue weighted by atomic mass is 79.9. The van der Waals surface area contributed by atoms with Crippen LogP contribution in [-0.2, 0) is 10.0 Å². The van der Waals surface area contributed by atoms with E-state index in [1.165, 1.54) is 4.31 Å². The predicted molar refractivity (Wildman–Crippen MR) is 93.0 cm³/mol. The van der Waals surface area contributed by atoms with Gasteiger partial charge >= 0.3 is 0 Å². The van der Waals surface area contributed by atoms with Crippen LogP contribution >= 0.6 is 15.9 Å². The van der Waals surface area contributed by atoms with Crippen LogP contribution in [0.5, 0.6) is 0 Å². The Morgan fingerprint density at radius 2 is 1.88 bits per heavy atom. The number of hydrogen-bond donors (Lipinski definition) is 0. The molecule has 24 heavy (non-hydrogen) atoms. The summed E-state index contributed by atoms with van der Waals surface area (Å²) in [6, 6.07) is 12.2. The molecule has 0 saturated carbocycles. The van der Waals surface area contributed by atoms with Crippen LogP contribution in [0.25, 0.3) is 5.65 Å². The molecule has 1 aliphatic rings. The standard InChI is InChI=1S/C16H15BrN4O2S/c17-12-6-1-2-8-14(12)24(22,23)21-11-5-7-13(21)16-19-18-15-9-3-4-10-20(15)16/h1-4,6,8-10,13H,5,7,11H2. The molecule has 0 amide bonds. The number of pyridine rings is 1. The molecule has 6 nitrogen and oxygen atoms in total. The summed E-state index contributed by atoms with van der Waals surface area (Å²) in [4.78, 5) is 0.283. The molecule has 1 aliphatic heterocycles. The molecular weight excluding hydrogens is 392 g/mol. The third kappa shape index (κ3) is 2.45. The summed E-state index contributed by atoms with van der Waals surface area (Å²) in [7, 11) is -3.61. The molecule has 124 valence electrons. The Labute approximate surface area is 148 Å². The lowest BCUT2D eigenvalue weighted by Crippen LogP contribution is -2.31. The summed E-state index contributed by atoms with van der Waals surface area (Å²) in [6.45, 7) is 0.482. The van der Waals surface area contributed by atoms with E-state index in [2.05, 4.69) is 26.1 Å². The Hall–Kier alpha value is -1.77. The van der Waals surface area contributed by atoms with Gasteiger partial charge in [-0.2, -0.15) is 4.31 Å². The predicted octanol–water partition coefficient (Wildman–Crippen LogP) is 3.02. The first-order valence-corrected chi connectivity index (χ1v) is 9.88. The van der Waals surface area contributed by atoms with E-state index in [1.807, 2.05) is 28.8 Å². The lowest BCUT2D eigenvalue weighted by atomic mass is 10.2. The van der Waals surface area contributed by atoms with Crippen molar-refractivity contribution in [3.8, 4) is 0 Å². The summed E-state index contributed by atoms with van der Waals surface area (Å²) >= 11 is 3.35.